The van der Waals surface area contributed by atoms with Gasteiger partial charge in [0.1, 0.15) is 5.75 Å². The van der Waals surface area contributed by atoms with Crippen LogP contribution in [0.1, 0.15) is 57.9 Å². The first-order valence-corrected chi connectivity index (χ1v) is 12.1. The molecule has 0 saturated heterocycles. The number of nitrogens with one attached hydrogen (secondary N) is 2. The summed E-state index contributed by atoms with van der Waals surface area (Å²) in [7, 11) is 1.11. The van der Waals surface area contributed by atoms with E-state index >= 15 is 0 Å². The van der Waals surface area contributed by atoms with E-state index in [2.05, 4.69) is 34.7 Å². The van der Waals surface area contributed by atoms with Crippen LogP contribution in [0.3, 0.4) is 0 Å². The van der Waals surface area contributed by atoms with Crippen molar-refractivity contribution >= 4 is 40.7 Å². The second-order valence-corrected chi connectivity index (χ2v) is 9.40. The van der Waals surface area contributed by atoms with Gasteiger partial charge in [0.05, 0.1) is 6.61 Å². The Morgan fingerprint density at radius 3 is 2.66 bits per heavy atom. The molecule has 1 aliphatic carbocycles. The summed E-state index contributed by atoms with van der Waals surface area (Å²) in [5.74, 6) is 2.54. The highest BCUT2D eigenvalue weighted by molar-refractivity contribution is 14.0. The molecule has 1 aromatic carbocycles. The van der Waals surface area contributed by atoms with E-state index in [-0.39, 0.29) is 24.0 Å². The first kappa shape index (κ1) is 26.2. The lowest BCUT2D eigenvalue weighted by molar-refractivity contribution is 0.309. The summed E-state index contributed by atoms with van der Waals surface area (Å²) < 4.78 is 17.8. The van der Waals surface area contributed by atoms with E-state index in [9.17, 15) is 4.21 Å². The van der Waals surface area contributed by atoms with Gasteiger partial charge in [0.2, 0.25) is 0 Å². The van der Waals surface area contributed by atoms with E-state index in [1.807, 2.05) is 26.1 Å². The average Bonchev–Trinajstić information content (AvgIpc) is 2.74. The lowest BCUT2D eigenvalue weighted by Gasteiger charge is -2.30. The zero-order chi connectivity index (χ0) is 20.2. The Morgan fingerprint density at radius 2 is 2.00 bits per heavy atom. The molecule has 5 nitrogen and oxygen atoms in total. The predicted octanol–water partition coefficient (Wildman–Crippen LogP) is 4.27. The third-order valence-electron chi connectivity index (χ3n) is 5.24. The Labute approximate surface area is 196 Å². The molecule has 2 N–H and O–H groups in total. The molecule has 0 aliphatic heterocycles. The molecule has 3 unspecified atom stereocenters. The summed E-state index contributed by atoms with van der Waals surface area (Å²) in [6, 6.07) is 8.72. The van der Waals surface area contributed by atoms with Gasteiger partial charge in [0, 0.05) is 41.4 Å². The molecule has 1 aliphatic rings. The van der Waals surface area contributed by atoms with Crippen LogP contribution in [0.15, 0.2) is 29.3 Å². The molecule has 166 valence electrons. The first-order valence-electron chi connectivity index (χ1n) is 10.7. The first-order chi connectivity index (χ1) is 13.7. The topological polar surface area (TPSA) is 62.7 Å². The standard InChI is InChI=1S/C22H37N3O2S.HI/c1-4-6-16-27-20-12-10-18(11-13-20)14-15-24-22(23-3)25-19-8-7-9-21(17-19)28(26)5-2;/h10-13,19,21H,4-9,14-17H2,1-3H3,(H2,23,24,25);1H. The van der Waals surface area contributed by atoms with Crippen LogP contribution in [0.25, 0.3) is 0 Å². The second-order valence-electron chi connectivity index (χ2n) is 7.39. The summed E-state index contributed by atoms with van der Waals surface area (Å²) in [6.07, 6.45) is 7.49. The van der Waals surface area contributed by atoms with Gasteiger partial charge in [-0.1, -0.05) is 38.8 Å². The van der Waals surface area contributed by atoms with Gasteiger partial charge in [0.25, 0.3) is 0 Å². The Balaban J connectivity index is 0.00000420. The highest BCUT2D eigenvalue weighted by Crippen LogP contribution is 2.23. The number of rotatable bonds is 10. The molecular formula is C22H38IN3O2S. The van der Waals surface area contributed by atoms with Crippen LogP contribution in [0.5, 0.6) is 5.75 Å². The number of aliphatic imine (C=N–C) groups is 1. The molecule has 0 amide bonds. The van der Waals surface area contributed by atoms with Crippen molar-refractivity contribution in [1.82, 2.24) is 10.6 Å². The van der Waals surface area contributed by atoms with Gasteiger partial charge in [-0.05, 0) is 49.8 Å². The molecule has 1 fully saturated rings. The maximum Gasteiger partial charge on any atom is 0.191 e. The Bertz CT molecular complexity index is 625. The van der Waals surface area contributed by atoms with Crippen molar-refractivity contribution in [2.45, 2.75) is 70.1 Å². The van der Waals surface area contributed by atoms with E-state index in [4.69, 9.17) is 4.74 Å². The third kappa shape index (κ3) is 9.68. The summed E-state index contributed by atoms with van der Waals surface area (Å²) >= 11 is 0. The number of benzene rings is 1. The van der Waals surface area contributed by atoms with E-state index in [0.717, 1.165) is 75.6 Å². The molecule has 0 bridgehead atoms. The van der Waals surface area contributed by atoms with Gasteiger partial charge >= 0.3 is 0 Å². The fourth-order valence-electron chi connectivity index (χ4n) is 3.55. The lowest BCUT2D eigenvalue weighted by atomic mass is 9.95. The summed E-state index contributed by atoms with van der Waals surface area (Å²) in [5, 5.41) is 7.26. The summed E-state index contributed by atoms with van der Waals surface area (Å²) in [4.78, 5) is 4.36. The van der Waals surface area contributed by atoms with Crippen LogP contribution in [-0.2, 0) is 17.2 Å². The van der Waals surface area contributed by atoms with Gasteiger partial charge in [-0.2, -0.15) is 0 Å². The van der Waals surface area contributed by atoms with E-state index in [1.165, 1.54) is 5.56 Å². The van der Waals surface area contributed by atoms with Crippen LogP contribution in [0, 0.1) is 0 Å². The monoisotopic (exact) mass is 535 g/mol. The second kappa shape index (κ2) is 15.0. The number of hydrogen-bond acceptors (Lipinski definition) is 3. The van der Waals surface area contributed by atoms with Gasteiger partial charge in [-0.25, -0.2) is 0 Å². The van der Waals surface area contributed by atoms with Gasteiger partial charge < -0.3 is 15.4 Å². The number of unbranched alkanes of at least 4 members (excludes halogenated alkanes) is 1. The molecule has 0 heterocycles. The fourth-order valence-corrected chi connectivity index (χ4v) is 4.90. The zero-order valence-corrected chi connectivity index (χ0v) is 21.3. The Kier molecular flexibility index (Phi) is 13.6. The average molecular weight is 536 g/mol. The number of halogens is 1. The minimum Gasteiger partial charge on any atom is -0.494 e. The van der Waals surface area contributed by atoms with Crippen molar-refractivity contribution < 1.29 is 8.95 Å². The number of hydrogen-bond donors (Lipinski definition) is 2. The van der Waals surface area contributed by atoms with Crippen LogP contribution in [0.2, 0.25) is 0 Å². The van der Waals surface area contributed by atoms with Crippen molar-refractivity contribution in [3.63, 3.8) is 0 Å². The quantitative estimate of drug-likeness (QED) is 0.203. The molecular weight excluding hydrogens is 497 g/mol. The van der Waals surface area contributed by atoms with Gasteiger partial charge in [0.15, 0.2) is 5.96 Å². The smallest absolute Gasteiger partial charge is 0.191 e. The van der Waals surface area contributed by atoms with Crippen molar-refractivity contribution in [1.29, 1.82) is 0 Å². The number of ether oxygens (including phenoxy) is 1. The minimum absolute atomic E-state index is 0. The Morgan fingerprint density at radius 1 is 1.24 bits per heavy atom. The van der Waals surface area contributed by atoms with Crippen LogP contribution in [-0.4, -0.2) is 47.4 Å². The molecule has 29 heavy (non-hydrogen) atoms. The van der Waals surface area contributed by atoms with E-state index < -0.39 is 10.8 Å². The molecule has 2 rings (SSSR count). The molecule has 3 atom stereocenters. The normalized spacial score (nSPS) is 20.4. The highest BCUT2D eigenvalue weighted by atomic mass is 127. The molecule has 0 radical (unpaired) electrons. The number of guanidine groups is 1. The number of nitrogens with zero attached hydrogens (tertiary/aromatic N) is 1. The van der Waals surface area contributed by atoms with Crippen molar-refractivity contribution in [3.8, 4) is 5.75 Å². The molecule has 7 heteroatoms. The maximum absolute atomic E-state index is 12.1. The SMILES string of the molecule is CCCCOc1ccc(CCNC(=NC)NC2CCCC(S(=O)CC)C2)cc1.I. The fraction of sp³-hybridized carbons (Fsp3) is 0.682. The summed E-state index contributed by atoms with van der Waals surface area (Å²) in [5.41, 5.74) is 1.28. The molecule has 0 spiro atoms. The third-order valence-corrected chi connectivity index (χ3v) is 6.98. The van der Waals surface area contributed by atoms with Crippen molar-refractivity contribution in [3.05, 3.63) is 29.8 Å². The van der Waals surface area contributed by atoms with Crippen LogP contribution < -0.4 is 15.4 Å². The summed E-state index contributed by atoms with van der Waals surface area (Å²) in [6.45, 7) is 5.79. The van der Waals surface area contributed by atoms with Crippen molar-refractivity contribution in [2.75, 3.05) is 26.0 Å². The highest BCUT2D eigenvalue weighted by Gasteiger charge is 2.25. The Hall–Kier alpha value is -0.830. The largest absolute Gasteiger partial charge is 0.494 e. The minimum atomic E-state index is -0.697. The van der Waals surface area contributed by atoms with E-state index in [0.29, 0.717) is 11.3 Å². The van der Waals surface area contributed by atoms with Gasteiger partial charge in [-0.3, -0.25) is 9.20 Å². The molecule has 0 aromatic heterocycles. The lowest BCUT2D eigenvalue weighted by Crippen LogP contribution is -2.47. The maximum atomic E-state index is 12.1. The van der Waals surface area contributed by atoms with Gasteiger partial charge in [-0.15, -0.1) is 24.0 Å². The van der Waals surface area contributed by atoms with Crippen LogP contribution in [0.4, 0.5) is 0 Å². The van der Waals surface area contributed by atoms with E-state index in [1.54, 1.807) is 0 Å². The molecule has 1 aromatic rings. The van der Waals surface area contributed by atoms with Crippen molar-refractivity contribution in [2.24, 2.45) is 4.99 Å². The zero-order valence-electron chi connectivity index (χ0n) is 18.1. The predicted molar refractivity (Wildman–Crippen MR) is 135 cm³/mol. The molecule has 1 saturated carbocycles. The van der Waals surface area contributed by atoms with Crippen LogP contribution >= 0.6 is 24.0 Å².